The van der Waals surface area contributed by atoms with Gasteiger partial charge < -0.3 is 10.6 Å². The lowest BCUT2D eigenvalue weighted by atomic mass is 10.1. The quantitative estimate of drug-likeness (QED) is 0.780. The van der Waals surface area contributed by atoms with Crippen LogP contribution in [-0.4, -0.2) is 18.4 Å². The molecule has 0 saturated heterocycles. The number of amides is 2. The molecule has 0 atom stereocenters. The van der Waals surface area contributed by atoms with Crippen molar-refractivity contribution in [2.75, 3.05) is 11.9 Å². The summed E-state index contributed by atoms with van der Waals surface area (Å²) in [5.74, 6) is -0.699. The average molecular weight is 351 g/mol. The van der Waals surface area contributed by atoms with Crippen LogP contribution >= 0.6 is 23.2 Å². The van der Waals surface area contributed by atoms with Gasteiger partial charge in [0.2, 0.25) is 11.8 Å². The van der Waals surface area contributed by atoms with Gasteiger partial charge >= 0.3 is 0 Å². The van der Waals surface area contributed by atoms with Crippen molar-refractivity contribution in [1.82, 2.24) is 5.32 Å². The summed E-state index contributed by atoms with van der Waals surface area (Å²) in [7, 11) is 0. The van der Waals surface area contributed by atoms with Gasteiger partial charge in [-0.1, -0.05) is 41.4 Å². The van der Waals surface area contributed by atoms with E-state index < -0.39 is 0 Å². The van der Waals surface area contributed by atoms with Crippen LogP contribution in [-0.2, 0) is 16.0 Å². The molecule has 2 amide bonds. The van der Waals surface area contributed by atoms with Crippen LogP contribution in [0.15, 0.2) is 48.5 Å². The molecule has 2 aromatic carbocycles. The smallest absolute Gasteiger partial charge is 0.233 e. The van der Waals surface area contributed by atoms with Gasteiger partial charge in [0.25, 0.3) is 0 Å². The molecule has 6 heteroatoms. The largest absolute Gasteiger partial charge is 0.355 e. The maximum absolute atomic E-state index is 11.8. The Hall–Kier alpha value is -2.04. The number of rotatable bonds is 6. The molecule has 0 bridgehead atoms. The van der Waals surface area contributed by atoms with Gasteiger partial charge in [-0.15, -0.1) is 0 Å². The summed E-state index contributed by atoms with van der Waals surface area (Å²) >= 11 is 11.6. The zero-order valence-electron chi connectivity index (χ0n) is 12.3. The Morgan fingerprint density at radius 1 is 0.913 bits per heavy atom. The number of anilines is 1. The molecule has 0 spiro atoms. The first-order valence-electron chi connectivity index (χ1n) is 7.09. The highest BCUT2D eigenvalue weighted by Crippen LogP contribution is 2.15. The van der Waals surface area contributed by atoms with Crippen molar-refractivity contribution in [3.05, 3.63) is 64.1 Å². The van der Waals surface area contributed by atoms with Gasteiger partial charge in [-0.2, -0.15) is 0 Å². The Morgan fingerprint density at radius 2 is 1.65 bits per heavy atom. The Bertz CT molecular complexity index is 687. The molecule has 2 aromatic rings. The summed E-state index contributed by atoms with van der Waals surface area (Å²) < 4.78 is 0. The molecular weight excluding hydrogens is 335 g/mol. The van der Waals surface area contributed by atoms with E-state index in [0.29, 0.717) is 28.7 Å². The fraction of sp³-hybridized carbons (Fsp3) is 0.176. The minimum absolute atomic E-state index is 0.229. The molecule has 0 unspecified atom stereocenters. The first-order chi connectivity index (χ1) is 11.0. The van der Waals surface area contributed by atoms with Crippen LogP contribution in [0.4, 0.5) is 5.69 Å². The highest BCUT2D eigenvalue weighted by molar-refractivity contribution is 6.31. The molecule has 120 valence electrons. The monoisotopic (exact) mass is 350 g/mol. The van der Waals surface area contributed by atoms with E-state index in [0.717, 1.165) is 5.56 Å². The number of benzene rings is 2. The van der Waals surface area contributed by atoms with Crippen LogP contribution in [0.2, 0.25) is 10.0 Å². The third-order valence-electron chi connectivity index (χ3n) is 3.08. The van der Waals surface area contributed by atoms with Crippen molar-refractivity contribution < 1.29 is 9.59 Å². The Kier molecular flexibility index (Phi) is 6.44. The molecule has 0 aliphatic rings. The van der Waals surface area contributed by atoms with E-state index in [4.69, 9.17) is 23.2 Å². The molecule has 2 N–H and O–H groups in total. The summed E-state index contributed by atoms with van der Waals surface area (Å²) in [6, 6.07) is 14.2. The second-order valence-corrected chi connectivity index (χ2v) is 5.83. The van der Waals surface area contributed by atoms with E-state index in [9.17, 15) is 9.59 Å². The van der Waals surface area contributed by atoms with E-state index in [1.165, 1.54) is 0 Å². The number of carbonyl (C=O) groups excluding carboxylic acids is 2. The van der Waals surface area contributed by atoms with E-state index in [1.54, 1.807) is 36.4 Å². The van der Waals surface area contributed by atoms with Crippen LogP contribution < -0.4 is 10.6 Å². The topological polar surface area (TPSA) is 58.2 Å². The lowest BCUT2D eigenvalue weighted by molar-refractivity contribution is -0.126. The van der Waals surface area contributed by atoms with Gasteiger partial charge in [-0.3, -0.25) is 9.59 Å². The van der Waals surface area contributed by atoms with Gasteiger partial charge in [-0.05, 0) is 42.3 Å². The van der Waals surface area contributed by atoms with E-state index in [-0.39, 0.29) is 18.2 Å². The van der Waals surface area contributed by atoms with Crippen molar-refractivity contribution in [2.45, 2.75) is 12.8 Å². The molecule has 0 aromatic heterocycles. The molecule has 2 rings (SSSR count). The molecule has 0 fully saturated rings. The highest BCUT2D eigenvalue weighted by atomic mass is 35.5. The maximum Gasteiger partial charge on any atom is 0.233 e. The molecule has 0 heterocycles. The summed E-state index contributed by atoms with van der Waals surface area (Å²) in [5.41, 5.74) is 1.63. The minimum Gasteiger partial charge on any atom is -0.355 e. The second kappa shape index (κ2) is 8.56. The fourth-order valence-corrected chi connectivity index (χ4v) is 2.29. The SMILES string of the molecule is O=C(CC(=O)Nc1cccc(Cl)c1)NCCc1ccc(Cl)cc1. The van der Waals surface area contributed by atoms with E-state index in [2.05, 4.69) is 10.6 Å². The molecule has 4 nitrogen and oxygen atoms in total. The summed E-state index contributed by atoms with van der Waals surface area (Å²) in [6.07, 6.45) is 0.450. The zero-order valence-corrected chi connectivity index (χ0v) is 13.8. The molecule has 0 aliphatic carbocycles. The van der Waals surface area contributed by atoms with Gasteiger partial charge in [-0.25, -0.2) is 0 Å². The fourth-order valence-electron chi connectivity index (χ4n) is 1.98. The van der Waals surface area contributed by atoms with Crippen LogP contribution in [0.5, 0.6) is 0 Å². The number of halogens is 2. The molecule has 0 radical (unpaired) electrons. The Morgan fingerprint density at radius 3 is 2.35 bits per heavy atom. The second-order valence-electron chi connectivity index (χ2n) is 4.96. The molecule has 23 heavy (non-hydrogen) atoms. The zero-order chi connectivity index (χ0) is 16.7. The number of hydrogen-bond donors (Lipinski definition) is 2. The van der Waals surface area contributed by atoms with Crippen LogP contribution in [0.3, 0.4) is 0 Å². The van der Waals surface area contributed by atoms with Crippen molar-refractivity contribution in [1.29, 1.82) is 0 Å². The highest BCUT2D eigenvalue weighted by Gasteiger charge is 2.09. The van der Waals surface area contributed by atoms with Crippen molar-refractivity contribution >= 4 is 40.7 Å². The van der Waals surface area contributed by atoms with Crippen LogP contribution in [0, 0.1) is 0 Å². The van der Waals surface area contributed by atoms with Gasteiger partial charge in [0, 0.05) is 22.3 Å². The van der Waals surface area contributed by atoms with Crippen LogP contribution in [0.25, 0.3) is 0 Å². The standard InChI is InChI=1S/C17H16Cl2N2O2/c18-13-6-4-12(5-7-13)8-9-20-16(22)11-17(23)21-15-3-1-2-14(19)10-15/h1-7,10H,8-9,11H2,(H,20,22)(H,21,23). The first-order valence-corrected chi connectivity index (χ1v) is 7.85. The van der Waals surface area contributed by atoms with Gasteiger partial charge in [0.05, 0.1) is 0 Å². The average Bonchev–Trinajstić information content (AvgIpc) is 2.49. The van der Waals surface area contributed by atoms with Crippen molar-refractivity contribution in [3.63, 3.8) is 0 Å². The lowest BCUT2D eigenvalue weighted by Gasteiger charge is -2.07. The maximum atomic E-state index is 11.8. The van der Waals surface area contributed by atoms with Crippen LogP contribution in [0.1, 0.15) is 12.0 Å². The molecular formula is C17H16Cl2N2O2. The lowest BCUT2D eigenvalue weighted by Crippen LogP contribution is -2.29. The van der Waals surface area contributed by atoms with Gasteiger partial charge in [0.15, 0.2) is 0 Å². The molecule has 0 saturated carbocycles. The normalized spacial score (nSPS) is 10.2. The molecule has 0 aliphatic heterocycles. The predicted molar refractivity (Wildman–Crippen MR) is 92.9 cm³/mol. The predicted octanol–water partition coefficient (Wildman–Crippen LogP) is 3.68. The third kappa shape index (κ3) is 6.30. The summed E-state index contributed by atoms with van der Waals surface area (Å²) in [5, 5.41) is 6.54. The van der Waals surface area contributed by atoms with Crippen molar-refractivity contribution in [3.8, 4) is 0 Å². The Balaban J connectivity index is 1.71. The van der Waals surface area contributed by atoms with Gasteiger partial charge in [0.1, 0.15) is 6.42 Å². The van der Waals surface area contributed by atoms with E-state index >= 15 is 0 Å². The summed E-state index contributed by atoms with van der Waals surface area (Å²) in [4.78, 5) is 23.5. The number of nitrogens with one attached hydrogen (secondary N) is 2. The number of hydrogen-bond acceptors (Lipinski definition) is 2. The Labute approximate surface area is 144 Å². The van der Waals surface area contributed by atoms with E-state index in [1.807, 2.05) is 12.1 Å². The third-order valence-corrected chi connectivity index (χ3v) is 3.57. The number of carbonyl (C=O) groups is 2. The minimum atomic E-state index is -0.378. The van der Waals surface area contributed by atoms with Crippen molar-refractivity contribution in [2.24, 2.45) is 0 Å². The summed E-state index contributed by atoms with van der Waals surface area (Å²) in [6.45, 7) is 0.463. The first kappa shape index (κ1) is 17.3.